The topological polar surface area (TPSA) is 86.8 Å². The second-order valence-electron chi connectivity index (χ2n) is 7.49. The van der Waals surface area contributed by atoms with Gasteiger partial charge in [0, 0.05) is 49.4 Å². The molecule has 0 saturated carbocycles. The molecule has 2 aromatic rings. The number of aromatic nitrogens is 1. The number of nitro groups is 1. The van der Waals surface area contributed by atoms with Crippen LogP contribution in [-0.2, 0) is 13.1 Å². The van der Waals surface area contributed by atoms with Crippen molar-refractivity contribution in [3.63, 3.8) is 0 Å². The van der Waals surface area contributed by atoms with Crippen LogP contribution >= 0.6 is 0 Å². The lowest BCUT2D eigenvalue weighted by Gasteiger charge is -2.42. The summed E-state index contributed by atoms with van der Waals surface area (Å²) in [5.74, 6) is 1.46. The summed E-state index contributed by atoms with van der Waals surface area (Å²) in [7, 11) is 2.99. The second-order valence-corrected chi connectivity index (χ2v) is 7.49. The van der Waals surface area contributed by atoms with Crippen LogP contribution in [0.15, 0.2) is 35.1 Å². The van der Waals surface area contributed by atoms with E-state index in [0.717, 1.165) is 25.2 Å². The maximum atomic E-state index is 12.2. The molecule has 0 radical (unpaired) electrons. The molecule has 8 nitrogen and oxygen atoms in total. The van der Waals surface area contributed by atoms with Crippen LogP contribution in [0.5, 0.6) is 11.5 Å². The Morgan fingerprint density at radius 2 is 1.89 bits per heavy atom. The van der Waals surface area contributed by atoms with Crippen LogP contribution in [0.1, 0.15) is 23.6 Å². The highest BCUT2D eigenvalue weighted by Crippen LogP contribution is 2.38. The number of nitrogens with zero attached hydrogens (tertiary/aromatic N) is 3. The summed E-state index contributed by atoms with van der Waals surface area (Å²) in [6.45, 7) is 2.74. The van der Waals surface area contributed by atoms with Gasteiger partial charge in [-0.1, -0.05) is 6.07 Å². The van der Waals surface area contributed by atoms with E-state index in [1.807, 2.05) is 16.7 Å². The third kappa shape index (κ3) is 3.24. The van der Waals surface area contributed by atoms with Gasteiger partial charge in [-0.25, -0.2) is 0 Å². The Hall–Kier alpha value is -2.87. The monoisotopic (exact) mass is 385 g/mol. The number of hydrogen-bond acceptors (Lipinski definition) is 6. The van der Waals surface area contributed by atoms with E-state index < -0.39 is 0 Å². The molecule has 0 spiro atoms. The number of pyridine rings is 1. The van der Waals surface area contributed by atoms with Crippen molar-refractivity contribution in [2.75, 3.05) is 27.3 Å². The van der Waals surface area contributed by atoms with E-state index in [9.17, 15) is 14.9 Å². The Morgan fingerprint density at radius 3 is 2.61 bits per heavy atom. The third-order valence-corrected chi connectivity index (χ3v) is 5.73. The summed E-state index contributed by atoms with van der Waals surface area (Å²) < 4.78 is 12.4. The molecule has 28 heavy (non-hydrogen) atoms. The predicted octanol–water partition coefficient (Wildman–Crippen LogP) is 2.39. The molecule has 0 aliphatic carbocycles. The van der Waals surface area contributed by atoms with Crippen LogP contribution in [0.2, 0.25) is 0 Å². The van der Waals surface area contributed by atoms with Gasteiger partial charge in [-0.05, 0) is 24.5 Å². The minimum Gasteiger partial charge on any atom is -0.493 e. The van der Waals surface area contributed by atoms with Gasteiger partial charge in [0.15, 0.2) is 11.5 Å². The summed E-state index contributed by atoms with van der Waals surface area (Å²) >= 11 is 0. The van der Waals surface area contributed by atoms with Gasteiger partial charge in [-0.2, -0.15) is 0 Å². The fourth-order valence-corrected chi connectivity index (χ4v) is 4.57. The van der Waals surface area contributed by atoms with E-state index in [1.54, 1.807) is 12.1 Å². The Labute approximate surface area is 162 Å². The van der Waals surface area contributed by atoms with E-state index in [4.69, 9.17) is 9.47 Å². The summed E-state index contributed by atoms with van der Waals surface area (Å²) in [6, 6.07) is 8.56. The van der Waals surface area contributed by atoms with Crippen LogP contribution in [0.25, 0.3) is 0 Å². The standard InChI is InChI=1S/C20H23N3O5/c1-27-18-7-15(17(23(25)26)8-19(18)28-2)12-21-9-13-6-14(11-21)16-4-3-5-20(24)22(16)10-13/h3-5,7-8,13-14H,6,9-12H2,1-2H3/t13-,14-/m0/s1. The summed E-state index contributed by atoms with van der Waals surface area (Å²) in [5, 5.41) is 11.6. The van der Waals surface area contributed by atoms with Crippen molar-refractivity contribution in [3.8, 4) is 11.5 Å². The highest BCUT2D eigenvalue weighted by atomic mass is 16.6. The van der Waals surface area contributed by atoms with Crippen LogP contribution in [0, 0.1) is 16.0 Å². The number of hydrogen-bond donors (Lipinski definition) is 0. The van der Waals surface area contributed by atoms with Gasteiger partial charge >= 0.3 is 0 Å². The number of rotatable bonds is 5. The zero-order valence-corrected chi connectivity index (χ0v) is 16.0. The Bertz CT molecular complexity index is 971. The predicted molar refractivity (Wildman–Crippen MR) is 103 cm³/mol. The number of piperidine rings is 1. The van der Waals surface area contributed by atoms with Gasteiger partial charge in [-0.3, -0.25) is 19.8 Å². The van der Waals surface area contributed by atoms with Gasteiger partial charge in [0.1, 0.15) is 0 Å². The van der Waals surface area contributed by atoms with Gasteiger partial charge in [0.25, 0.3) is 11.2 Å². The molecule has 2 bridgehead atoms. The third-order valence-electron chi connectivity index (χ3n) is 5.73. The minimum atomic E-state index is -0.378. The smallest absolute Gasteiger partial charge is 0.277 e. The molecule has 1 saturated heterocycles. The molecule has 2 atom stereocenters. The Kier molecular flexibility index (Phi) is 4.80. The fourth-order valence-electron chi connectivity index (χ4n) is 4.57. The molecular weight excluding hydrogens is 362 g/mol. The van der Waals surface area contributed by atoms with Crippen molar-refractivity contribution < 1.29 is 14.4 Å². The molecule has 0 N–H and O–H groups in total. The first-order valence-electron chi connectivity index (χ1n) is 9.31. The normalized spacial score (nSPS) is 21.1. The van der Waals surface area contributed by atoms with Crippen molar-refractivity contribution in [1.82, 2.24) is 9.47 Å². The van der Waals surface area contributed by atoms with Crippen LogP contribution < -0.4 is 15.0 Å². The number of likely N-dealkylation sites (tertiary alicyclic amines) is 1. The maximum Gasteiger partial charge on any atom is 0.277 e. The molecule has 2 aliphatic heterocycles. The molecule has 1 aromatic carbocycles. The van der Waals surface area contributed by atoms with E-state index in [2.05, 4.69) is 4.90 Å². The highest BCUT2D eigenvalue weighted by Gasteiger charge is 2.35. The van der Waals surface area contributed by atoms with Gasteiger partial charge < -0.3 is 14.0 Å². The average molecular weight is 385 g/mol. The largest absolute Gasteiger partial charge is 0.493 e. The van der Waals surface area contributed by atoms with Crippen LogP contribution in [-0.4, -0.2) is 41.7 Å². The SMILES string of the molecule is COc1cc(CN2C[C@@H]3C[C@@H](C2)c2cccc(=O)n2C3)c([N+](=O)[O-])cc1OC. The van der Waals surface area contributed by atoms with Crippen LogP contribution in [0.3, 0.4) is 0 Å². The summed E-state index contributed by atoms with van der Waals surface area (Å²) in [4.78, 5) is 25.6. The molecular formula is C20H23N3O5. The molecule has 3 heterocycles. The molecule has 148 valence electrons. The first-order valence-corrected chi connectivity index (χ1v) is 9.31. The first kappa shape index (κ1) is 18.5. The molecule has 1 aromatic heterocycles. The maximum absolute atomic E-state index is 12.2. The van der Waals surface area contributed by atoms with E-state index in [1.165, 1.54) is 20.3 Å². The zero-order valence-electron chi connectivity index (χ0n) is 16.0. The highest BCUT2D eigenvalue weighted by molar-refractivity contribution is 5.54. The molecule has 1 fully saturated rings. The summed E-state index contributed by atoms with van der Waals surface area (Å²) in [6.07, 6.45) is 1.05. The number of fused-ring (bicyclic) bond motifs is 4. The lowest BCUT2D eigenvalue weighted by Crippen LogP contribution is -2.46. The second kappa shape index (κ2) is 7.27. The number of benzene rings is 1. The van der Waals surface area contributed by atoms with Crippen LogP contribution in [0.4, 0.5) is 5.69 Å². The van der Waals surface area contributed by atoms with Gasteiger partial charge in [-0.15, -0.1) is 0 Å². The zero-order chi connectivity index (χ0) is 19.8. The minimum absolute atomic E-state index is 0.0324. The van der Waals surface area contributed by atoms with Crippen molar-refractivity contribution in [2.45, 2.75) is 25.4 Å². The number of nitro benzene ring substituents is 1. The molecule has 4 rings (SSSR count). The Morgan fingerprint density at radius 1 is 1.14 bits per heavy atom. The Balaban J connectivity index is 1.62. The fraction of sp³-hybridized carbons (Fsp3) is 0.450. The quantitative estimate of drug-likeness (QED) is 0.580. The van der Waals surface area contributed by atoms with E-state index in [0.29, 0.717) is 36.1 Å². The van der Waals surface area contributed by atoms with Crippen molar-refractivity contribution in [2.24, 2.45) is 5.92 Å². The molecule has 0 amide bonds. The van der Waals surface area contributed by atoms with E-state index >= 15 is 0 Å². The first-order chi connectivity index (χ1) is 13.5. The number of ether oxygens (including phenoxy) is 2. The molecule has 2 aliphatic rings. The number of methoxy groups -OCH3 is 2. The lowest BCUT2D eigenvalue weighted by atomic mass is 9.83. The average Bonchev–Trinajstić information content (AvgIpc) is 2.68. The lowest BCUT2D eigenvalue weighted by molar-refractivity contribution is -0.385. The summed E-state index contributed by atoms with van der Waals surface area (Å²) in [5.41, 5.74) is 1.75. The van der Waals surface area contributed by atoms with E-state index in [-0.39, 0.29) is 22.1 Å². The van der Waals surface area contributed by atoms with Gasteiger partial charge in [0.2, 0.25) is 0 Å². The molecule has 8 heteroatoms. The molecule has 0 unspecified atom stereocenters. The van der Waals surface area contributed by atoms with Gasteiger partial charge in [0.05, 0.1) is 25.2 Å². The van der Waals surface area contributed by atoms with Crippen molar-refractivity contribution in [1.29, 1.82) is 0 Å². The van der Waals surface area contributed by atoms with Crippen molar-refractivity contribution >= 4 is 5.69 Å². The van der Waals surface area contributed by atoms with Crippen molar-refractivity contribution in [3.05, 3.63) is 62.1 Å².